The molecule has 2 rings (SSSR count). The summed E-state index contributed by atoms with van der Waals surface area (Å²) in [6.45, 7) is 0. The Morgan fingerprint density at radius 3 is 2.61 bits per heavy atom. The lowest BCUT2D eigenvalue weighted by Gasteiger charge is -1.97. The topological polar surface area (TPSA) is 17.1 Å². The molecule has 90 valence electrons. The molecule has 0 radical (unpaired) electrons. The number of hydrogen-bond donors (Lipinski definition) is 0. The summed E-state index contributed by atoms with van der Waals surface area (Å²) in [7, 11) is 0. The van der Waals surface area contributed by atoms with Crippen molar-refractivity contribution in [1.82, 2.24) is 0 Å². The predicted octanol–water partition coefficient (Wildman–Crippen LogP) is 4.48. The van der Waals surface area contributed by atoms with Crippen LogP contribution in [0, 0.1) is 5.82 Å². The SMILES string of the molecule is O=C(/C=C/c1ccccc1F)c1cccc(Br)c1. The van der Waals surface area contributed by atoms with E-state index in [9.17, 15) is 9.18 Å². The lowest BCUT2D eigenvalue weighted by atomic mass is 10.1. The fraction of sp³-hybridized carbons (Fsp3) is 0. The second-order valence-corrected chi connectivity index (χ2v) is 4.65. The molecular formula is C15H10BrFO. The van der Waals surface area contributed by atoms with Crippen molar-refractivity contribution in [3.05, 3.63) is 76.0 Å². The molecule has 0 unspecified atom stereocenters. The maximum Gasteiger partial charge on any atom is 0.185 e. The lowest BCUT2D eigenvalue weighted by molar-refractivity contribution is 0.104. The standard InChI is InChI=1S/C15H10BrFO/c16-13-6-3-5-12(10-13)15(18)9-8-11-4-1-2-7-14(11)17/h1-10H/b9-8+. The van der Waals surface area contributed by atoms with Crippen molar-refractivity contribution in [2.75, 3.05) is 0 Å². The van der Waals surface area contributed by atoms with Crippen LogP contribution in [0.15, 0.2) is 59.1 Å². The largest absolute Gasteiger partial charge is 0.289 e. The maximum atomic E-state index is 13.3. The first-order valence-electron chi connectivity index (χ1n) is 5.39. The van der Waals surface area contributed by atoms with Crippen molar-refractivity contribution in [1.29, 1.82) is 0 Å². The van der Waals surface area contributed by atoms with E-state index in [1.165, 1.54) is 18.2 Å². The van der Waals surface area contributed by atoms with Crippen LogP contribution in [-0.4, -0.2) is 5.78 Å². The summed E-state index contributed by atoms with van der Waals surface area (Å²) in [5.74, 6) is -0.490. The Balaban J connectivity index is 2.20. The first-order chi connectivity index (χ1) is 8.66. The third-order valence-electron chi connectivity index (χ3n) is 2.43. The molecule has 0 saturated carbocycles. The molecular weight excluding hydrogens is 295 g/mol. The van der Waals surface area contributed by atoms with Crippen LogP contribution in [0.2, 0.25) is 0 Å². The highest BCUT2D eigenvalue weighted by Gasteiger charge is 2.02. The van der Waals surface area contributed by atoms with Gasteiger partial charge >= 0.3 is 0 Å². The van der Waals surface area contributed by atoms with E-state index in [1.54, 1.807) is 36.4 Å². The monoisotopic (exact) mass is 304 g/mol. The third kappa shape index (κ3) is 3.14. The highest BCUT2D eigenvalue weighted by Crippen LogP contribution is 2.14. The van der Waals surface area contributed by atoms with Gasteiger partial charge in [-0.05, 0) is 30.4 Å². The van der Waals surface area contributed by atoms with Crippen LogP contribution >= 0.6 is 15.9 Å². The number of carbonyl (C=O) groups excluding carboxylic acids is 1. The summed E-state index contributed by atoms with van der Waals surface area (Å²) < 4.78 is 14.2. The summed E-state index contributed by atoms with van der Waals surface area (Å²) in [4.78, 5) is 11.9. The zero-order valence-electron chi connectivity index (χ0n) is 9.44. The fourth-order valence-electron chi connectivity index (χ4n) is 1.51. The van der Waals surface area contributed by atoms with E-state index < -0.39 is 0 Å². The summed E-state index contributed by atoms with van der Waals surface area (Å²) in [5, 5.41) is 0. The van der Waals surface area contributed by atoms with E-state index >= 15 is 0 Å². The van der Waals surface area contributed by atoms with Gasteiger partial charge in [0.15, 0.2) is 5.78 Å². The van der Waals surface area contributed by atoms with Crippen molar-refractivity contribution < 1.29 is 9.18 Å². The van der Waals surface area contributed by atoms with Crippen molar-refractivity contribution in [3.63, 3.8) is 0 Å². The Morgan fingerprint density at radius 2 is 1.89 bits per heavy atom. The summed E-state index contributed by atoms with van der Waals surface area (Å²) in [6, 6.07) is 13.4. The fourth-order valence-corrected chi connectivity index (χ4v) is 1.91. The smallest absolute Gasteiger partial charge is 0.185 e. The number of allylic oxidation sites excluding steroid dienone is 1. The van der Waals surface area contributed by atoms with E-state index in [0.717, 1.165) is 4.47 Å². The quantitative estimate of drug-likeness (QED) is 0.603. The molecule has 0 bridgehead atoms. The van der Waals surface area contributed by atoms with Crippen LogP contribution in [0.3, 0.4) is 0 Å². The molecule has 0 aromatic heterocycles. The summed E-state index contributed by atoms with van der Waals surface area (Å²) in [5.41, 5.74) is 0.970. The van der Waals surface area contributed by atoms with Crippen molar-refractivity contribution in [2.45, 2.75) is 0 Å². The number of rotatable bonds is 3. The average Bonchev–Trinajstić information content (AvgIpc) is 2.37. The van der Waals surface area contributed by atoms with E-state index in [2.05, 4.69) is 15.9 Å². The maximum absolute atomic E-state index is 13.3. The van der Waals surface area contributed by atoms with Gasteiger partial charge < -0.3 is 0 Å². The zero-order chi connectivity index (χ0) is 13.0. The molecule has 0 amide bonds. The first-order valence-corrected chi connectivity index (χ1v) is 6.18. The lowest BCUT2D eigenvalue weighted by Crippen LogP contribution is -1.93. The minimum absolute atomic E-state index is 0.153. The molecule has 0 N–H and O–H groups in total. The molecule has 3 heteroatoms. The van der Waals surface area contributed by atoms with Crippen LogP contribution in [0.5, 0.6) is 0 Å². The zero-order valence-corrected chi connectivity index (χ0v) is 11.0. The number of benzene rings is 2. The van der Waals surface area contributed by atoms with Crippen LogP contribution in [0.4, 0.5) is 4.39 Å². The summed E-state index contributed by atoms with van der Waals surface area (Å²) in [6.07, 6.45) is 2.86. The Morgan fingerprint density at radius 1 is 1.11 bits per heavy atom. The average molecular weight is 305 g/mol. The number of carbonyl (C=O) groups is 1. The van der Waals surface area contributed by atoms with Gasteiger partial charge in [-0.25, -0.2) is 4.39 Å². The third-order valence-corrected chi connectivity index (χ3v) is 2.92. The normalized spacial score (nSPS) is 10.8. The Kier molecular flexibility index (Phi) is 4.05. The van der Waals surface area contributed by atoms with Gasteiger partial charge in [0.1, 0.15) is 5.82 Å². The van der Waals surface area contributed by atoms with Gasteiger partial charge in [0, 0.05) is 15.6 Å². The Labute approximate surface area is 113 Å². The molecule has 1 nitrogen and oxygen atoms in total. The van der Waals surface area contributed by atoms with Crippen molar-refractivity contribution >= 4 is 27.8 Å². The Hall–Kier alpha value is -1.74. The van der Waals surface area contributed by atoms with Gasteiger partial charge in [0.25, 0.3) is 0 Å². The predicted molar refractivity (Wildman–Crippen MR) is 73.9 cm³/mol. The van der Waals surface area contributed by atoms with Crippen LogP contribution < -0.4 is 0 Å². The molecule has 0 atom stereocenters. The Bertz CT molecular complexity index is 605. The highest BCUT2D eigenvalue weighted by atomic mass is 79.9. The minimum atomic E-state index is -0.337. The molecule has 2 aromatic carbocycles. The summed E-state index contributed by atoms with van der Waals surface area (Å²) >= 11 is 3.30. The van der Waals surface area contributed by atoms with Gasteiger partial charge in [-0.1, -0.05) is 46.3 Å². The molecule has 0 spiro atoms. The number of halogens is 2. The molecule has 0 heterocycles. The molecule has 0 saturated heterocycles. The van der Waals surface area contributed by atoms with Gasteiger partial charge in [0.2, 0.25) is 0 Å². The molecule has 2 aromatic rings. The first kappa shape index (κ1) is 12.7. The van der Waals surface area contributed by atoms with Gasteiger partial charge in [-0.2, -0.15) is 0 Å². The van der Waals surface area contributed by atoms with E-state index in [1.807, 2.05) is 6.07 Å². The van der Waals surface area contributed by atoms with Crippen LogP contribution in [0.25, 0.3) is 6.08 Å². The van der Waals surface area contributed by atoms with Crippen LogP contribution in [0.1, 0.15) is 15.9 Å². The van der Waals surface area contributed by atoms with Crippen molar-refractivity contribution in [3.8, 4) is 0 Å². The van der Waals surface area contributed by atoms with Crippen LogP contribution in [-0.2, 0) is 0 Å². The molecule has 0 aliphatic rings. The second kappa shape index (κ2) is 5.74. The number of ketones is 1. The van der Waals surface area contributed by atoms with Gasteiger partial charge in [-0.15, -0.1) is 0 Å². The van der Waals surface area contributed by atoms with E-state index in [0.29, 0.717) is 11.1 Å². The molecule has 0 aliphatic heterocycles. The second-order valence-electron chi connectivity index (χ2n) is 3.73. The van der Waals surface area contributed by atoms with Crippen molar-refractivity contribution in [2.24, 2.45) is 0 Å². The number of hydrogen-bond acceptors (Lipinski definition) is 1. The van der Waals surface area contributed by atoms with Gasteiger partial charge in [-0.3, -0.25) is 4.79 Å². The van der Waals surface area contributed by atoms with E-state index in [4.69, 9.17) is 0 Å². The molecule has 18 heavy (non-hydrogen) atoms. The minimum Gasteiger partial charge on any atom is -0.289 e. The van der Waals surface area contributed by atoms with Gasteiger partial charge in [0.05, 0.1) is 0 Å². The molecule has 0 aliphatic carbocycles. The highest BCUT2D eigenvalue weighted by molar-refractivity contribution is 9.10. The molecule has 0 fully saturated rings. The van der Waals surface area contributed by atoms with E-state index in [-0.39, 0.29) is 11.6 Å².